The van der Waals surface area contributed by atoms with E-state index in [2.05, 4.69) is 5.32 Å². The quantitative estimate of drug-likeness (QED) is 0.639. The summed E-state index contributed by atoms with van der Waals surface area (Å²) in [5.74, 6) is -3.17. The fourth-order valence-electron chi connectivity index (χ4n) is 1.81. The lowest BCUT2D eigenvalue weighted by atomic mass is 10.2. The molecule has 2 rings (SSSR count). The second-order valence-electron chi connectivity index (χ2n) is 4.89. The summed E-state index contributed by atoms with van der Waals surface area (Å²) < 4.78 is 30.7. The first-order chi connectivity index (χ1) is 11.5. The van der Waals surface area contributed by atoms with Crippen molar-refractivity contribution >= 4 is 29.3 Å². The molecular weight excluding hydrogens is 336 g/mol. The predicted octanol–water partition coefficient (Wildman–Crippen LogP) is 3.55. The molecule has 1 N–H and O–H groups in total. The van der Waals surface area contributed by atoms with Crippen LogP contribution in [0.4, 0.5) is 14.5 Å². The normalized spacial score (nSPS) is 10.3. The number of carbonyl (C=O) groups is 2. The Kier molecular flexibility index (Phi) is 6.31. The summed E-state index contributed by atoms with van der Waals surface area (Å²) in [5, 5.41) is 2.32. The number of hydrogen-bond acceptors (Lipinski definition) is 4. The zero-order valence-electron chi connectivity index (χ0n) is 12.8. The molecule has 126 valence electrons. The van der Waals surface area contributed by atoms with Gasteiger partial charge < -0.3 is 10.1 Å². The lowest BCUT2D eigenvalue weighted by Gasteiger charge is -2.07. The molecule has 1 amide bonds. The van der Waals surface area contributed by atoms with Gasteiger partial charge in [0.15, 0.2) is 18.2 Å². The van der Waals surface area contributed by atoms with Crippen molar-refractivity contribution in [2.75, 3.05) is 17.7 Å². The van der Waals surface area contributed by atoms with Crippen molar-refractivity contribution in [3.8, 4) is 0 Å². The van der Waals surface area contributed by atoms with Crippen molar-refractivity contribution in [3.05, 3.63) is 59.7 Å². The van der Waals surface area contributed by atoms with Crippen molar-refractivity contribution in [1.82, 2.24) is 0 Å². The van der Waals surface area contributed by atoms with Gasteiger partial charge in [0.1, 0.15) is 0 Å². The van der Waals surface area contributed by atoms with Gasteiger partial charge in [-0.1, -0.05) is 18.2 Å². The van der Waals surface area contributed by atoms with Gasteiger partial charge in [-0.05, 0) is 30.7 Å². The van der Waals surface area contributed by atoms with E-state index in [0.29, 0.717) is 0 Å². The van der Waals surface area contributed by atoms with Gasteiger partial charge in [-0.25, -0.2) is 8.78 Å². The molecule has 0 saturated heterocycles. The Morgan fingerprint density at radius 2 is 1.88 bits per heavy atom. The molecule has 0 aliphatic rings. The van der Waals surface area contributed by atoms with Crippen LogP contribution in [0.2, 0.25) is 0 Å². The number of rotatable bonds is 6. The van der Waals surface area contributed by atoms with Gasteiger partial charge in [0, 0.05) is 16.6 Å². The maximum atomic E-state index is 13.0. The molecule has 0 spiro atoms. The van der Waals surface area contributed by atoms with E-state index >= 15 is 0 Å². The lowest BCUT2D eigenvalue weighted by molar-refractivity contribution is -0.144. The van der Waals surface area contributed by atoms with Gasteiger partial charge in [0.2, 0.25) is 0 Å². The lowest BCUT2D eigenvalue weighted by Crippen LogP contribution is -2.21. The van der Waals surface area contributed by atoms with Crippen LogP contribution in [-0.2, 0) is 14.3 Å². The molecule has 0 atom stereocenters. The Bertz CT molecular complexity index is 752. The van der Waals surface area contributed by atoms with E-state index in [0.717, 1.165) is 22.6 Å². The van der Waals surface area contributed by atoms with Gasteiger partial charge in [-0.2, -0.15) is 0 Å². The summed E-state index contributed by atoms with van der Waals surface area (Å²) in [7, 11) is 0. The Hall–Kier alpha value is -2.41. The summed E-state index contributed by atoms with van der Waals surface area (Å²) in [6.07, 6.45) is 0. The van der Waals surface area contributed by atoms with E-state index in [4.69, 9.17) is 4.74 Å². The monoisotopic (exact) mass is 351 g/mol. The average Bonchev–Trinajstić information content (AvgIpc) is 2.55. The van der Waals surface area contributed by atoms with Crippen molar-refractivity contribution < 1.29 is 23.1 Å². The van der Waals surface area contributed by atoms with Crippen LogP contribution >= 0.6 is 11.8 Å². The SMILES string of the molecule is Cc1ccccc1SCC(=O)OCC(=O)Nc1ccc(F)c(F)c1. The maximum Gasteiger partial charge on any atom is 0.316 e. The van der Waals surface area contributed by atoms with E-state index in [-0.39, 0.29) is 11.4 Å². The number of hydrogen-bond donors (Lipinski definition) is 1. The topological polar surface area (TPSA) is 55.4 Å². The number of esters is 1. The van der Waals surface area contributed by atoms with E-state index in [1.165, 1.54) is 17.8 Å². The van der Waals surface area contributed by atoms with Gasteiger partial charge in [0.25, 0.3) is 5.91 Å². The summed E-state index contributed by atoms with van der Waals surface area (Å²) in [6, 6.07) is 10.6. The number of ether oxygens (including phenoxy) is 1. The number of amides is 1. The first kappa shape index (κ1) is 17.9. The summed E-state index contributed by atoms with van der Waals surface area (Å²) in [5.41, 5.74) is 1.13. The average molecular weight is 351 g/mol. The maximum absolute atomic E-state index is 13.0. The molecule has 24 heavy (non-hydrogen) atoms. The Balaban J connectivity index is 1.76. The molecule has 7 heteroatoms. The van der Waals surface area contributed by atoms with E-state index < -0.39 is 30.1 Å². The van der Waals surface area contributed by atoms with Gasteiger partial charge in [-0.15, -0.1) is 11.8 Å². The third kappa shape index (κ3) is 5.34. The standard InChI is InChI=1S/C17H15F2NO3S/c1-11-4-2-3-5-15(11)24-10-17(22)23-9-16(21)20-12-6-7-13(18)14(19)8-12/h2-8H,9-10H2,1H3,(H,20,21). The molecule has 0 fully saturated rings. The molecule has 2 aromatic rings. The minimum Gasteiger partial charge on any atom is -0.455 e. The van der Waals surface area contributed by atoms with Gasteiger partial charge >= 0.3 is 5.97 Å². The largest absolute Gasteiger partial charge is 0.455 e. The van der Waals surface area contributed by atoms with Crippen LogP contribution in [-0.4, -0.2) is 24.2 Å². The van der Waals surface area contributed by atoms with E-state index in [1.807, 2.05) is 31.2 Å². The van der Waals surface area contributed by atoms with E-state index in [1.54, 1.807) is 0 Å². The van der Waals surface area contributed by atoms with Crippen molar-refractivity contribution in [1.29, 1.82) is 0 Å². The molecule has 0 heterocycles. The van der Waals surface area contributed by atoms with Crippen LogP contribution in [0, 0.1) is 18.6 Å². The van der Waals surface area contributed by atoms with Crippen molar-refractivity contribution in [3.63, 3.8) is 0 Å². The number of nitrogens with one attached hydrogen (secondary N) is 1. The van der Waals surface area contributed by atoms with Gasteiger partial charge in [0.05, 0.1) is 5.75 Å². The highest BCUT2D eigenvalue weighted by Gasteiger charge is 2.10. The molecule has 2 aromatic carbocycles. The number of benzene rings is 2. The smallest absolute Gasteiger partial charge is 0.316 e. The van der Waals surface area contributed by atoms with Gasteiger partial charge in [-0.3, -0.25) is 9.59 Å². The van der Waals surface area contributed by atoms with Crippen LogP contribution in [0.1, 0.15) is 5.56 Å². The minimum absolute atomic E-state index is 0.0727. The predicted molar refractivity (Wildman–Crippen MR) is 87.8 cm³/mol. The third-order valence-corrected chi connectivity index (χ3v) is 4.16. The molecule has 0 aliphatic heterocycles. The molecule has 0 unspecified atom stereocenters. The number of halogens is 2. The first-order valence-electron chi connectivity index (χ1n) is 7.04. The van der Waals surface area contributed by atoms with Crippen LogP contribution in [0.15, 0.2) is 47.4 Å². The Morgan fingerprint density at radius 1 is 1.12 bits per heavy atom. The second-order valence-corrected chi connectivity index (χ2v) is 5.91. The van der Waals surface area contributed by atoms with Crippen molar-refractivity contribution in [2.45, 2.75) is 11.8 Å². The molecule has 0 aliphatic carbocycles. The van der Waals surface area contributed by atoms with E-state index in [9.17, 15) is 18.4 Å². The summed E-state index contributed by atoms with van der Waals surface area (Å²) in [4.78, 5) is 24.2. The second kappa shape index (κ2) is 8.44. The number of anilines is 1. The number of carbonyl (C=O) groups excluding carboxylic acids is 2. The van der Waals surface area contributed by atoms with Crippen LogP contribution < -0.4 is 5.32 Å². The fourth-order valence-corrected chi connectivity index (χ4v) is 2.64. The molecule has 0 saturated carbocycles. The number of thioether (sulfide) groups is 1. The highest BCUT2D eigenvalue weighted by atomic mass is 32.2. The first-order valence-corrected chi connectivity index (χ1v) is 8.03. The zero-order chi connectivity index (χ0) is 17.5. The fraction of sp³-hybridized carbons (Fsp3) is 0.176. The summed E-state index contributed by atoms with van der Waals surface area (Å²) >= 11 is 1.32. The molecule has 0 radical (unpaired) electrons. The Morgan fingerprint density at radius 3 is 2.58 bits per heavy atom. The Labute approximate surface area is 142 Å². The molecule has 0 aromatic heterocycles. The van der Waals surface area contributed by atoms with Crippen LogP contribution in [0.3, 0.4) is 0 Å². The molecule has 4 nitrogen and oxygen atoms in total. The van der Waals surface area contributed by atoms with Crippen molar-refractivity contribution in [2.24, 2.45) is 0 Å². The number of aryl methyl sites for hydroxylation is 1. The zero-order valence-corrected chi connectivity index (χ0v) is 13.7. The summed E-state index contributed by atoms with van der Waals surface area (Å²) in [6.45, 7) is 1.44. The molecular formula is C17H15F2NO3S. The highest BCUT2D eigenvalue weighted by Crippen LogP contribution is 2.21. The highest BCUT2D eigenvalue weighted by molar-refractivity contribution is 8.00. The van der Waals surface area contributed by atoms with Crippen LogP contribution in [0.25, 0.3) is 0 Å². The minimum atomic E-state index is -1.07. The third-order valence-electron chi connectivity index (χ3n) is 3.01. The van der Waals surface area contributed by atoms with Crippen LogP contribution in [0.5, 0.6) is 0 Å². The molecule has 0 bridgehead atoms.